The molecule has 11 heteroatoms. The van der Waals surface area contributed by atoms with E-state index in [2.05, 4.69) is 5.32 Å². The van der Waals surface area contributed by atoms with Crippen LogP contribution in [0, 0.1) is 0 Å². The zero-order valence-corrected chi connectivity index (χ0v) is 19.2. The lowest BCUT2D eigenvalue weighted by Crippen LogP contribution is -2.24. The summed E-state index contributed by atoms with van der Waals surface area (Å²) < 4.78 is 56.3. The van der Waals surface area contributed by atoms with Crippen LogP contribution in [-0.2, 0) is 15.7 Å². The molecule has 2 aromatic rings. The minimum Gasteiger partial charge on any atom is -0.493 e. The molecule has 8 nitrogen and oxygen atoms in total. The Bertz CT molecular complexity index is 1220. The number of amides is 1. The Morgan fingerprint density at radius 2 is 1.97 bits per heavy atom. The predicted octanol–water partition coefficient (Wildman–Crippen LogP) is 4.48. The van der Waals surface area contributed by atoms with Crippen molar-refractivity contribution >= 4 is 23.3 Å². The molecule has 0 unspecified atom stereocenters. The highest BCUT2D eigenvalue weighted by Crippen LogP contribution is 2.35. The Hall–Kier alpha value is -3.99. The second kappa shape index (κ2) is 10.3. The average molecular weight is 504 g/mol. The molecule has 1 fully saturated rings. The van der Waals surface area contributed by atoms with Crippen LogP contribution in [0.3, 0.4) is 0 Å². The summed E-state index contributed by atoms with van der Waals surface area (Å²) in [5.74, 6) is -1.18. The van der Waals surface area contributed by atoms with Crippen molar-refractivity contribution < 1.29 is 42.1 Å². The van der Waals surface area contributed by atoms with Gasteiger partial charge in [0.15, 0.2) is 11.5 Å². The van der Waals surface area contributed by atoms with Crippen LogP contribution in [0.15, 0.2) is 60.3 Å². The van der Waals surface area contributed by atoms with Crippen molar-refractivity contribution in [2.75, 3.05) is 37.1 Å². The number of rotatable bonds is 7. The minimum absolute atomic E-state index is 0.101. The van der Waals surface area contributed by atoms with E-state index in [-0.39, 0.29) is 17.4 Å². The Balaban J connectivity index is 1.56. The fourth-order valence-electron chi connectivity index (χ4n) is 3.78. The molecular formula is C25H23F3N2O6. The van der Waals surface area contributed by atoms with Gasteiger partial charge in [-0.2, -0.15) is 13.2 Å². The number of carboxylic acid groups (broad SMARTS) is 1. The van der Waals surface area contributed by atoms with Gasteiger partial charge in [-0.1, -0.05) is 12.2 Å². The van der Waals surface area contributed by atoms with E-state index in [9.17, 15) is 22.8 Å². The first-order valence-corrected chi connectivity index (χ1v) is 11.0. The smallest absolute Gasteiger partial charge is 0.416 e. The van der Waals surface area contributed by atoms with Crippen LogP contribution in [0.4, 0.5) is 24.5 Å². The van der Waals surface area contributed by atoms with Gasteiger partial charge in [0, 0.05) is 36.6 Å². The Labute approximate surface area is 204 Å². The van der Waals surface area contributed by atoms with Crippen LogP contribution in [0.5, 0.6) is 11.5 Å². The van der Waals surface area contributed by atoms with Gasteiger partial charge < -0.3 is 29.5 Å². The van der Waals surface area contributed by atoms with Crippen LogP contribution in [0.1, 0.15) is 22.3 Å². The molecule has 1 amide bonds. The second-order valence-electron chi connectivity index (χ2n) is 8.13. The molecule has 0 spiro atoms. The minimum atomic E-state index is -4.77. The lowest BCUT2D eigenvalue weighted by atomic mass is 10.1. The van der Waals surface area contributed by atoms with E-state index in [0.29, 0.717) is 49.1 Å². The third-order valence-corrected chi connectivity index (χ3v) is 5.58. The first-order chi connectivity index (χ1) is 17.1. The fraction of sp³-hybridized carbons (Fsp3) is 0.280. The van der Waals surface area contributed by atoms with Crippen molar-refractivity contribution in [1.82, 2.24) is 0 Å². The number of halogens is 3. The number of carboxylic acids is 1. The number of methoxy groups -OCH3 is 1. The maximum absolute atomic E-state index is 13.2. The molecule has 0 aliphatic carbocycles. The maximum atomic E-state index is 13.2. The number of benzene rings is 2. The van der Waals surface area contributed by atoms with E-state index in [1.165, 1.54) is 13.2 Å². The maximum Gasteiger partial charge on any atom is 0.416 e. The number of ether oxygens (including phenoxy) is 3. The topological polar surface area (TPSA) is 97.3 Å². The number of carbonyl (C=O) groups excluding carboxylic acids is 1. The molecule has 0 aromatic heterocycles. The normalized spacial score (nSPS) is 17.5. The highest BCUT2D eigenvalue weighted by molar-refractivity contribution is 6.06. The Morgan fingerprint density at radius 3 is 2.64 bits per heavy atom. The van der Waals surface area contributed by atoms with Crippen LogP contribution in [0.25, 0.3) is 0 Å². The Kier molecular flexibility index (Phi) is 7.20. The molecule has 190 valence electrons. The number of hydrogen-bond acceptors (Lipinski definition) is 6. The van der Waals surface area contributed by atoms with Crippen molar-refractivity contribution in [1.29, 1.82) is 0 Å². The van der Waals surface area contributed by atoms with Gasteiger partial charge in [-0.3, -0.25) is 4.79 Å². The van der Waals surface area contributed by atoms with E-state index < -0.39 is 29.2 Å². The third kappa shape index (κ3) is 5.80. The summed E-state index contributed by atoms with van der Waals surface area (Å²) in [5, 5.41) is 11.5. The van der Waals surface area contributed by atoms with E-state index >= 15 is 0 Å². The summed E-state index contributed by atoms with van der Waals surface area (Å²) in [6.07, 6.45) is 0.683. The number of nitrogens with one attached hydrogen (secondary N) is 1. The molecule has 1 atom stereocenters. The highest BCUT2D eigenvalue weighted by Gasteiger charge is 2.32. The molecular weight excluding hydrogens is 481 g/mol. The summed E-state index contributed by atoms with van der Waals surface area (Å²) in [6.45, 7) is 1.52. The van der Waals surface area contributed by atoms with E-state index in [1.807, 2.05) is 0 Å². The SMILES string of the molecule is COc1ccc(N2C=C(C(=O)Nc3cc(C(=O)O)cc(C(F)(F)F)c3)C=CC2)cc1O[C@@H]1CCOC1. The van der Waals surface area contributed by atoms with Crippen LogP contribution in [-0.4, -0.2) is 50.0 Å². The largest absolute Gasteiger partial charge is 0.493 e. The molecule has 1 saturated heterocycles. The summed E-state index contributed by atoms with van der Waals surface area (Å²) in [5.41, 5.74) is -1.18. The molecule has 2 aliphatic heterocycles. The van der Waals surface area contributed by atoms with Crippen molar-refractivity contribution in [2.45, 2.75) is 18.7 Å². The van der Waals surface area contributed by atoms with Crippen molar-refractivity contribution in [2.24, 2.45) is 0 Å². The van der Waals surface area contributed by atoms with Crippen molar-refractivity contribution in [3.63, 3.8) is 0 Å². The first kappa shape index (κ1) is 25.1. The van der Waals surface area contributed by atoms with Crippen molar-refractivity contribution in [3.8, 4) is 11.5 Å². The molecule has 0 radical (unpaired) electrons. The van der Waals surface area contributed by atoms with Gasteiger partial charge >= 0.3 is 12.1 Å². The lowest BCUT2D eigenvalue weighted by Gasteiger charge is -2.25. The van der Waals surface area contributed by atoms with E-state index in [1.54, 1.807) is 35.4 Å². The van der Waals surface area contributed by atoms with E-state index in [4.69, 9.17) is 19.3 Å². The zero-order chi connectivity index (χ0) is 25.9. The highest BCUT2D eigenvalue weighted by atomic mass is 19.4. The van der Waals surface area contributed by atoms with Gasteiger partial charge in [-0.25, -0.2) is 4.79 Å². The van der Waals surface area contributed by atoms with Gasteiger partial charge in [0.25, 0.3) is 5.91 Å². The van der Waals surface area contributed by atoms with Crippen LogP contribution >= 0.6 is 0 Å². The summed E-state index contributed by atoms with van der Waals surface area (Å²) in [4.78, 5) is 25.9. The summed E-state index contributed by atoms with van der Waals surface area (Å²) >= 11 is 0. The molecule has 2 aliphatic rings. The molecule has 4 rings (SSSR count). The lowest BCUT2D eigenvalue weighted by molar-refractivity contribution is -0.137. The number of hydrogen-bond donors (Lipinski definition) is 2. The van der Waals surface area contributed by atoms with Crippen LogP contribution < -0.4 is 19.7 Å². The molecule has 36 heavy (non-hydrogen) atoms. The zero-order valence-electron chi connectivity index (χ0n) is 19.2. The van der Waals surface area contributed by atoms with Gasteiger partial charge in [-0.05, 0) is 30.3 Å². The number of aromatic carboxylic acids is 1. The number of alkyl halides is 3. The molecule has 0 saturated carbocycles. The average Bonchev–Trinajstić information content (AvgIpc) is 3.36. The predicted molar refractivity (Wildman–Crippen MR) is 124 cm³/mol. The van der Waals surface area contributed by atoms with Gasteiger partial charge in [0.1, 0.15) is 6.10 Å². The molecule has 2 heterocycles. The van der Waals surface area contributed by atoms with Gasteiger partial charge in [0.2, 0.25) is 0 Å². The van der Waals surface area contributed by atoms with Gasteiger partial charge in [-0.15, -0.1) is 0 Å². The number of carbonyl (C=O) groups is 2. The quantitative estimate of drug-likeness (QED) is 0.574. The Morgan fingerprint density at radius 1 is 1.17 bits per heavy atom. The molecule has 0 bridgehead atoms. The first-order valence-electron chi connectivity index (χ1n) is 11.0. The van der Waals surface area contributed by atoms with Gasteiger partial charge in [0.05, 0.1) is 37.0 Å². The number of nitrogens with zero attached hydrogens (tertiary/aromatic N) is 1. The summed E-state index contributed by atoms with van der Waals surface area (Å²) in [7, 11) is 1.53. The van der Waals surface area contributed by atoms with Crippen LogP contribution in [0.2, 0.25) is 0 Å². The molecule has 2 aromatic carbocycles. The second-order valence-corrected chi connectivity index (χ2v) is 8.13. The summed E-state index contributed by atoms with van der Waals surface area (Å²) in [6, 6.07) is 7.47. The van der Waals surface area contributed by atoms with Crippen molar-refractivity contribution in [3.05, 3.63) is 71.5 Å². The monoisotopic (exact) mass is 504 g/mol. The molecule has 2 N–H and O–H groups in total. The fourth-order valence-corrected chi connectivity index (χ4v) is 3.78. The van der Waals surface area contributed by atoms with E-state index in [0.717, 1.165) is 12.5 Å². The number of anilines is 2. The standard InChI is InChI=1S/C25H23F3N2O6/c1-34-21-5-4-19(12-22(21)36-20-6-8-35-14-20)30-7-2-3-15(13-30)23(31)29-18-10-16(24(32)33)9-17(11-18)25(26,27)28/h2-5,9-13,20H,6-8,14H2,1H3,(H,29,31)(H,32,33)/t20-/m1/s1. The third-order valence-electron chi connectivity index (χ3n) is 5.58.